The zero-order chi connectivity index (χ0) is 26.6. The third kappa shape index (κ3) is 2.27. The molecule has 7 rings (SSSR count). The van der Waals surface area contributed by atoms with Crippen molar-refractivity contribution < 1.29 is 48.3 Å². The highest BCUT2D eigenvalue weighted by Crippen LogP contribution is 2.79. The van der Waals surface area contributed by atoms with Gasteiger partial charge in [0.2, 0.25) is 0 Å². The maximum Gasteiger partial charge on any atom is 0.339 e. The van der Waals surface area contributed by atoms with Crippen LogP contribution in [0.2, 0.25) is 0 Å². The van der Waals surface area contributed by atoms with Crippen LogP contribution >= 0.6 is 0 Å². The van der Waals surface area contributed by atoms with E-state index in [1.807, 2.05) is 6.07 Å². The van der Waals surface area contributed by atoms with Crippen LogP contribution in [0, 0.1) is 16.7 Å². The van der Waals surface area contributed by atoms with Gasteiger partial charge in [0.25, 0.3) is 0 Å². The highest BCUT2D eigenvalue weighted by Gasteiger charge is 2.91. The number of hydrogen-bond acceptors (Lipinski definition) is 10. The summed E-state index contributed by atoms with van der Waals surface area (Å²) in [4.78, 5) is 24.8. The third-order valence-electron chi connectivity index (χ3n) is 11.6. The largest absolute Gasteiger partial charge is 0.472 e. The lowest BCUT2D eigenvalue weighted by Gasteiger charge is -2.62. The quantitative estimate of drug-likeness (QED) is 0.385. The Morgan fingerprint density at radius 2 is 1.86 bits per heavy atom. The molecule has 0 aromatic carbocycles. The van der Waals surface area contributed by atoms with Gasteiger partial charge in [-0.15, -0.1) is 0 Å². The molecule has 10 heteroatoms. The summed E-state index contributed by atoms with van der Waals surface area (Å²) in [6.45, 7) is 8.34. The first kappa shape index (κ1) is 24.1. The number of carbonyl (C=O) groups excluding carboxylic acids is 2. The van der Waals surface area contributed by atoms with Crippen molar-refractivity contribution >= 4 is 11.9 Å². The molecule has 37 heavy (non-hydrogen) atoms. The summed E-state index contributed by atoms with van der Waals surface area (Å²) in [6, 6.07) is 1.95. The Bertz CT molecular complexity index is 1200. The fourth-order valence-corrected chi connectivity index (χ4v) is 10.2. The normalized spacial score (nSPS) is 59.0. The number of aliphatic hydroxyl groups excluding tert-OH is 1. The van der Waals surface area contributed by atoms with Gasteiger partial charge >= 0.3 is 11.9 Å². The van der Waals surface area contributed by atoms with Crippen molar-refractivity contribution in [1.29, 1.82) is 0 Å². The Balaban J connectivity index is 1.38. The van der Waals surface area contributed by atoms with Gasteiger partial charge in [0, 0.05) is 30.1 Å². The van der Waals surface area contributed by atoms with E-state index in [-0.39, 0.29) is 18.4 Å². The summed E-state index contributed by atoms with van der Waals surface area (Å²) in [7, 11) is 0. The van der Waals surface area contributed by atoms with Crippen LogP contribution in [0.1, 0.15) is 65.4 Å². The number of epoxide rings is 1. The van der Waals surface area contributed by atoms with E-state index < -0.39 is 75.5 Å². The van der Waals surface area contributed by atoms with Gasteiger partial charge in [-0.25, -0.2) is 4.79 Å². The van der Waals surface area contributed by atoms with Crippen molar-refractivity contribution in [3.05, 3.63) is 24.2 Å². The highest BCUT2D eigenvalue weighted by atomic mass is 16.6. The average molecular weight is 519 g/mol. The maximum atomic E-state index is 12.8. The summed E-state index contributed by atoms with van der Waals surface area (Å²) >= 11 is 0. The molecule has 3 aliphatic heterocycles. The summed E-state index contributed by atoms with van der Waals surface area (Å²) in [5.74, 6) is -2.24. The Labute approximate surface area is 214 Å². The first-order valence-corrected chi connectivity index (χ1v) is 13.1. The number of rotatable bonds is 2. The zero-order valence-corrected chi connectivity index (χ0v) is 21.6. The fraction of sp³-hybridized carbons (Fsp3) is 0.778. The second kappa shape index (κ2) is 6.59. The van der Waals surface area contributed by atoms with E-state index in [1.54, 1.807) is 26.4 Å². The monoisotopic (exact) mass is 518 g/mol. The second-order valence-electron chi connectivity index (χ2n) is 12.9. The number of fused-ring (bicyclic) bond motifs is 5. The molecule has 0 unspecified atom stereocenters. The lowest BCUT2D eigenvalue weighted by molar-refractivity contribution is -0.295. The van der Waals surface area contributed by atoms with Crippen LogP contribution in [0.4, 0.5) is 0 Å². The molecule has 202 valence electrons. The molecule has 6 aliphatic rings. The fourth-order valence-electron chi connectivity index (χ4n) is 10.2. The molecule has 1 aromatic rings. The van der Waals surface area contributed by atoms with Gasteiger partial charge in [-0.05, 0) is 44.2 Å². The Morgan fingerprint density at radius 1 is 1.14 bits per heavy atom. The number of furan rings is 1. The van der Waals surface area contributed by atoms with E-state index in [1.165, 1.54) is 13.8 Å². The standard InChI is InChI=1S/C27H34O10/c1-12(28)34-17-9-16-23(3,26(32)20(29)21(30)37-25(17,26)5)19-15(35-16)10-22(2)14(13-6-7-33-11-13)8-18-27(22,36-18)24(19,4)31/h6-7,11,14-20,29,31-32H,8-10H2,1-5H3/t14-,15+,16-,17+,18+,19+,20-,22-,23+,24+,25-,26-,27+/m0/s1. The molecular weight excluding hydrogens is 484 g/mol. The van der Waals surface area contributed by atoms with Crippen LogP contribution < -0.4 is 0 Å². The van der Waals surface area contributed by atoms with Crippen molar-refractivity contribution in [2.24, 2.45) is 16.7 Å². The topological polar surface area (TPSA) is 148 Å². The van der Waals surface area contributed by atoms with Gasteiger partial charge in [0.1, 0.15) is 11.7 Å². The van der Waals surface area contributed by atoms with E-state index in [0.717, 1.165) is 5.56 Å². The minimum absolute atomic E-state index is 0.0700. The molecule has 3 saturated carbocycles. The molecule has 0 radical (unpaired) electrons. The molecule has 10 nitrogen and oxygen atoms in total. The molecule has 0 amide bonds. The van der Waals surface area contributed by atoms with Crippen molar-refractivity contribution in [2.45, 2.75) is 113 Å². The molecule has 1 spiro atoms. The summed E-state index contributed by atoms with van der Waals surface area (Å²) < 4.78 is 29.6. The first-order valence-electron chi connectivity index (χ1n) is 13.1. The van der Waals surface area contributed by atoms with E-state index in [9.17, 15) is 24.9 Å². The van der Waals surface area contributed by atoms with Crippen molar-refractivity contribution in [2.75, 3.05) is 0 Å². The van der Waals surface area contributed by atoms with Crippen LogP contribution in [0.3, 0.4) is 0 Å². The molecule has 3 aliphatic carbocycles. The number of esters is 2. The number of aliphatic hydroxyl groups is 3. The van der Waals surface area contributed by atoms with Crippen molar-refractivity contribution in [1.82, 2.24) is 0 Å². The van der Waals surface area contributed by atoms with Gasteiger partial charge in [0.15, 0.2) is 17.3 Å². The third-order valence-corrected chi connectivity index (χ3v) is 11.6. The number of hydrogen-bond donors (Lipinski definition) is 3. The maximum absolute atomic E-state index is 12.8. The van der Waals surface area contributed by atoms with Crippen molar-refractivity contribution in [3.63, 3.8) is 0 Å². The average Bonchev–Trinajstić information content (AvgIpc) is 3.04. The Kier molecular flexibility index (Phi) is 4.29. The van der Waals surface area contributed by atoms with Crippen molar-refractivity contribution in [3.8, 4) is 0 Å². The molecular formula is C27H34O10. The van der Waals surface area contributed by atoms with Gasteiger partial charge in [-0.1, -0.05) is 13.8 Å². The van der Waals surface area contributed by atoms with Crippen LogP contribution in [-0.2, 0) is 28.5 Å². The second-order valence-corrected chi connectivity index (χ2v) is 12.9. The van der Waals surface area contributed by atoms with Crippen LogP contribution in [0.15, 0.2) is 23.0 Å². The van der Waals surface area contributed by atoms with E-state index >= 15 is 0 Å². The van der Waals surface area contributed by atoms with Gasteiger partial charge in [-0.2, -0.15) is 0 Å². The predicted octanol–water partition coefficient (Wildman–Crippen LogP) is 1.20. The van der Waals surface area contributed by atoms with E-state index in [0.29, 0.717) is 12.8 Å². The lowest BCUT2D eigenvalue weighted by Crippen LogP contribution is -2.79. The Hall–Kier alpha value is -1.98. The molecule has 1 aromatic heterocycles. The summed E-state index contributed by atoms with van der Waals surface area (Å²) in [6.07, 6.45) is 0.357. The first-order chi connectivity index (χ1) is 17.2. The number of carbonyl (C=O) groups is 2. The smallest absolute Gasteiger partial charge is 0.339 e. The van der Waals surface area contributed by atoms with Gasteiger partial charge < -0.3 is 38.7 Å². The molecule has 13 atom stereocenters. The molecule has 3 N–H and O–H groups in total. The molecule has 3 saturated heterocycles. The number of ether oxygens (including phenoxy) is 4. The Morgan fingerprint density at radius 3 is 2.51 bits per heavy atom. The van der Waals surface area contributed by atoms with Gasteiger partial charge in [-0.3, -0.25) is 4.79 Å². The minimum atomic E-state index is -2.21. The highest BCUT2D eigenvalue weighted by molar-refractivity contribution is 5.81. The molecule has 6 fully saturated rings. The van der Waals surface area contributed by atoms with E-state index in [2.05, 4.69) is 6.92 Å². The van der Waals surface area contributed by atoms with Crippen LogP contribution in [0.5, 0.6) is 0 Å². The van der Waals surface area contributed by atoms with Crippen LogP contribution in [-0.4, -0.2) is 80.2 Å². The summed E-state index contributed by atoms with van der Waals surface area (Å²) in [5, 5.41) is 36.2. The zero-order valence-electron chi connectivity index (χ0n) is 21.6. The molecule has 4 heterocycles. The lowest BCUT2D eigenvalue weighted by atomic mass is 9.43. The predicted molar refractivity (Wildman–Crippen MR) is 123 cm³/mol. The minimum Gasteiger partial charge on any atom is -0.472 e. The molecule has 0 bridgehead atoms. The van der Waals surface area contributed by atoms with E-state index in [4.69, 9.17) is 23.4 Å². The summed E-state index contributed by atoms with van der Waals surface area (Å²) in [5.41, 5.74) is -7.14. The SMILES string of the molecule is CC(=O)O[C@@H]1C[C@@H]2O[C@@H]3C[C@@]4(C)[C@H](c5ccoc5)C[C@H]5O[C@]54[C@](C)(O)[C@H]3[C@]2(C)[C@@]2(O)[C@@H](O)C(=O)O[C@@]12C. The van der Waals surface area contributed by atoms with Gasteiger partial charge in [0.05, 0.1) is 36.4 Å². The van der Waals surface area contributed by atoms with Crippen LogP contribution in [0.25, 0.3) is 0 Å².